The summed E-state index contributed by atoms with van der Waals surface area (Å²) in [6.45, 7) is 3.35. The average Bonchev–Trinajstić information content (AvgIpc) is 2.54. The quantitative estimate of drug-likeness (QED) is 0.301. The molecule has 23 heavy (non-hydrogen) atoms. The molecule has 0 atom stereocenters. The number of aliphatic imine (C=N–C) groups is 1. The molecule has 1 fully saturated rings. The molecule has 0 amide bonds. The van der Waals surface area contributed by atoms with Gasteiger partial charge in [0.05, 0.1) is 13.2 Å². The minimum atomic E-state index is -0.0588. The minimum Gasteiger partial charge on any atom is -0.383 e. The molecule has 0 unspecified atom stereocenters. The molecule has 0 saturated carbocycles. The number of guanidine groups is 1. The molecule has 1 aliphatic rings. The largest absolute Gasteiger partial charge is 0.383 e. The molecule has 1 aliphatic heterocycles. The lowest BCUT2D eigenvalue weighted by molar-refractivity contribution is 0.0531. The molecule has 0 aliphatic carbocycles. The Balaban J connectivity index is 0.00000264. The van der Waals surface area contributed by atoms with E-state index < -0.39 is 0 Å². The SMILES string of the molecule is COCCNC(N)=NCC1(c2cccc(Cl)c2)CCOCC1.I. The van der Waals surface area contributed by atoms with Gasteiger partial charge >= 0.3 is 0 Å². The number of methoxy groups -OCH3 is 1. The Labute approximate surface area is 160 Å². The topological polar surface area (TPSA) is 68.9 Å². The summed E-state index contributed by atoms with van der Waals surface area (Å²) < 4.78 is 10.5. The third kappa shape index (κ3) is 6.10. The Kier molecular flexibility index (Phi) is 9.19. The van der Waals surface area contributed by atoms with Crippen LogP contribution in [0, 0.1) is 0 Å². The van der Waals surface area contributed by atoms with Crippen molar-refractivity contribution in [1.29, 1.82) is 0 Å². The summed E-state index contributed by atoms with van der Waals surface area (Å²) in [4.78, 5) is 4.53. The normalized spacial score (nSPS) is 17.4. The minimum absolute atomic E-state index is 0. The molecule has 1 saturated heterocycles. The third-order valence-corrected chi connectivity index (χ3v) is 4.29. The van der Waals surface area contributed by atoms with Gasteiger partial charge in [0, 0.05) is 37.3 Å². The first-order chi connectivity index (χ1) is 10.7. The fourth-order valence-corrected chi connectivity index (χ4v) is 2.88. The van der Waals surface area contributed by atoms with Crippen molar-refractivity contribution in [3.63, 3.8) is 0 Å². The summed E-state index contributed by atoms with van der Waals surface area (Å²) in [6, 6.07) is 8.01. The molecule has 1 heterocycles. The number of rotatable bonds is 6. The highest BCUT2D eigenvalue weighted by Gasteiger charge is 2.34. The molecule has 0 bridgehead atoms. The zero-order chi connectivity index (χ0) is 15.8. The number of ether oxygens (including phenoxy) is 2. The van der Waals surface area contributed by atoms with Gasteiger partial charge in [0.1, 0.15) is 0 Å². The molecular formula is C16H25ClIN3O2. The number of hydrogen-bond donors (Lipinski definition) is 2. The predicted octanol–water partition coefficient (Wildman–Crippen LogP) is 2.56. The summed E-state index contributed by atoms with van der Waals surface area (Å²) in [7, 11) is 1.66. The van der Waals surface area contributed by atoms with E-state index >= 15 is 0 Å². The van der Waals surface area contributed by atoms with Gasteiger partial charge in [-0.25, -0.2) is 0 Å². The second kappa shape index (κ2) is 10.3. The van der Waals surface area contributed by atoms with Gasteiger partial charge in [-0.05, 0) is 30.5 Å². The maximum absolute atomic E-state index is 6.16. The molecule has 5 nitrogen and oxygen atoms in total. The molecule has 3 N–H and O–H groups in total. The van der Waals surface area contributed by atoms with E-state index in [0.717, 1.165) is 31.1 Å². The molecule has 1 aromatic rings. The molecule has 0 aromatic heterocycles. The van der Waals surface area contributed by atoms with Crippen molar-refractivity contribution in [1.82, 2.24) is 5.32 Å². The number of hydrogen-bond acceptors (Lipinski definition) is 3. The van der Waals surface area contributed by atoms with Crippen LogP contribution in [-0.2, 0) is 14.9 Å². The van der Waals surface area contributed by atoms with Gasteiger partial charge in [0.2, 0.25) is 0 Å². The second-order valence-corrected chi connectivity index (χ2v) is 5.96. The van der Waals surface area contributed by atoms with Crippen molar-refractivity contribution in [2.75, 3.05) is 40.0 Å². The van der Waals surface area contributed by atoms with E-state index in [1.54, 1.807) is 7.11 Å². The van der Waals surface area contributed by atoms with Crippen molar-refractivity contribution >= 4 is 41.5 Å². The van der Waals surface area contributed by atoms with Gasteiger partial charge in [0.15, 0.2) is 5.96 Å². The highest BCUT2D eigenvalue weighted by Crippen LogP contribution is 2.36. The van der Waals surface area contributed by atoms with Crippen LogP contribution in [0.2, 0.25) is 5.02 Å². The number of benzene rings is 1. The van der Waals surface area contributed by atoms with E-state index in [1.807, 2.05) is 18.2 Å². The van der Waals surface area contributed by atoms with Crippen LogP contribution in [0.4, 0.5) is 0 Å². The smallest absolute Gasteiger partial charge is 0.188 e. The van der Waals surface area contributed by atoms with Gasteiger partial charge < -0.3 is 20.5 Å². The fourth-order valence-electron chi connectivity index (χ4n) is 2.69. The number of nitrogens with zero attached hydrogens (tertiary/aromatic N) is 1. The summed E-state index contributed by atoms with van der Waals surface area (Å²) >= 11 is 6.16. The van der Waals surface area contributed by atoms with Crippen LogP contribution in [0.15, 0.2) is 29.3 Å². The standard InChI is InChI=1S/C16H24ClN3O2.HI/c1-21-10-7-19-15(18)20-12-16(5-8-22-9-6-16)13-3-2-4-14(17)11-13;/h2-4,11H,5-10,12H2,1H3,(H3,18,19,20);1H. The van der Waals surface area contributed by atoms with Crippen LogP contribution in [0.25, 0.3) is 0 Å². The van der Waals surface area contributed by atoms with Gasteiger partial charge in [-0.3, -0.25) is 4.99 Å². The lowest BCUT2D eigenvalue weighted by atomic mass is 9.74. The van der Waals surface area contributed by atoms with E-state index in [1.165, 1.54) is 5.56 Å². The maximum atomic E-state index is 6.16. The highest BCUT2D eigenvalue weighted by atomic mass is 127. The van der Waals surface area contributed by atoms with Gasteiger partial charge in [-0.2, -0.15) is 0 Å². The van der Waals surface area contributed by atoms with Crippen LogP contribution in [0.3, 0.4) is 0 Å². The Bertz CT molecular complexity index is 508. The Morgan fingerprint density at radius 1 is 1.43 bits per heavy atom. The summed E-state index contributed by atoms with van der Waals surface area (Å²) in [5.74, 6) is 0.449. The second-order valence-electron chi connectivity index (χ2n) is 5.52. The van der Waals surface area contributed by atoms with E-state index in [-0.39, 0.29) is 29.4 Å². The maximum Gasteiger partial charge on any atom is 0.188 e. The zero-order valence-electron chi connectivity index (χ0n) is 13.4. The molecular weight excluding hydrogens is 429 g/mol. The first-order valence-electron chi connectivity index (χ1n) is 7.53. The molecule has 2 rings (SSSR count). The number of nitrogens with one attached hydrogen (secondary N) is 1. The predicted molar refractivity (Wildman–Crippen MR) is 105 cm³/mol. The van der Waals surface area contributed by atoms with Gasteiger partial charge in [0.25, 0.3) is 0 Å². The van der Waals surface area contributed by atoms with Crippen molar-refractivity contribution in [2.45, 2.75) is 18.3 Å². The van der Waals surface area contributed by atoms with Crippen LogP contribution in [-0.4, -0.2) is 46.0 Å². The van der Waals surface area contributed by atoms with Crippen molar-refractivity contribution in [3.8, 4) is 0 Å². The molecule has 1 aromatic carbocycles. The lowest BCUT2D eigenvalue weighted by Gasteiger charge is -2.36. The number of halogens is 2. The first kappa shape index (κ1) is 20.5. The Morgan fingerprint density at radius 3 is 2.83 bits per heavy atom. The van der Waals surface area contributed by atoms with Crippen LogP contribution >= 0.6 is 35.6 Å². The van der Waals surface area contributed by atoms with E-state index in [4.69, 9.17) is 26.8 Å². The lowest BCUT2D eigenvalue weighted by Crippen LogP contribution is -2.39. The molecule has 0 radical (unpaired) electrons. The molecule has 7 heteroatoms. The van der Waals surface area contributed by atoms with Crippen LogP contribution in [0.1, 0.15) is 18.4 Å². The Hall–Kier alpha value is -0.570. The van der Waals surface area contributed by atoms with Crippen LogP contribution in [0.5, 0.6) is 0 Å². The van der Waals surface area contributed by atoms with Gasteiger partial charge in [-0.1, -0.05) is 23.7 Å². The van der Waals surface area contributed by atoms with Crippen molar-refractivity contribution in [2.24, 2.45) is 10.7 Å². The average molecular weight is 454 g/mol. The van der Waals surface area contributed by atoms with Gasteiger partial charge in [-0.15, -0.1) is 24.0 Å². The van der Waals surface area contributed by atoms with E-state index in [2.05, 4.69) is 16.4 Å². The summed E-state index contributed by atoms with van der Waals surface area (Å²) in [5, 5.41) is 3.80. The summed E-state index contributed by atoms with van der Waals surface area (Å²) in [5.41, 5.74) is 7.07. The Morgan fingerprint density at radius 2 is 2.17 bits per heavy atom. The monoisotopic (exact) mass is 453 g/mol. The van der Waals surface area contributed by atoms with E-state index in [9.17, 15) is 0 Å². The number of nitrogens with two attached hydrogens (primary N) is 1. The van der Waals surface area contributed by atoms with E-state index in [0.29, 0.717) is 25.7 Å². The first-order valence-corrected chi connectivity index (χ1v) is 7.91. The highest BCUT2D eigenvalue weighted by molar-refractivity contribution is 14.0. The van der Waals surface area contributed by atoms with Crippen molar-refractivity contribution < 1.29 is 9.47 Å². The van der Waals surface area contributed by atoms with Crippen molar-refractivity contribution in [3.05, 3.63) is 34.9 Å². The molecule has 130 valence electrons. The summed E-state index contributed by atoms with van der Waals surface area (Å²) in [6.07, 6.45) is 1.84. The zero-order valence-corrected chi connectivity index (χ0v) is 16.5. The third-order valence-electron chi connectivity index (χ3n) is 4.05. The molecule has 0 spiro atoms. The fraction of sp³-hybridized carbons (Fsp3) is 0.562. The van der Waals surface area contributed by atoms with Crippen LogP contribution < -0.4 is 11.1 Å².